The van der Waals surface area contributed by atoms with Gasteiger partial charge in [0.2, 0.25) is 0 Å². The molecule has 7 heteroatoms. The minimum absolute atomic E-state index is 0. The van der Waals surface area contributed by atoms with E-state index in [2.05, 4.69) is 35.1 Å². The van der Waals surface area contributed by atoms with Crippen molar-refractivity contribution in [1.29, 1.82) is 0 Å². The Hall–Kier alpha value is -1.09. The highest BCUT2D eigenvalue weighted by Gasteiger charge is 2.21. The van der Waals surface area contributed by atoms with Crippen molar-refractivity contribution in [3.8, 4) is 0 Å². The molecule has 0 unspecified atom stereocenters. The molecule has 0 spiro atoms. The minimum atomic E-state index is 0. The number of piperidine rings is 1. The fourth-order valence-electron chi connectivity index (χ4n) is 2.87. The number of hydrogen-bond donors (Lipinski definition) is 1. The van der Waals surface area contributed by atoms with E-state index < -0.39 is 0 Å². The van der Waals surface area contributed by atoms with Gasteiger partial charge in [-0.05, 0) is 44.4 Å². The summed E-state index contributed by atoms with van der Waals surface area (Å²) < 4.78 is 5.74. The number of rotatable bonds is 6. The van der Waals surface area contributed by atoms with Crippen LogP contribution in [-0.2, 0) is 11.3 Å². The molecule has 0 aliphatic carbocycles. The van der Waals surface area contributed by atoms with E-state index >= 15 is 0 Å². The molecule has 0 bridgehead atoms. The third-order valence-electron chi connectivity index (χ3n) is 4.16. The van der Waals surface area contributed by atoms with Crippen LogP contribution in [0.4, 0.5) is 5.82 Å². The highest BCUT2D eigenvalue weighted by Crippen LogP contribution is 2.15. The molecule has 2 rings (SSSR count). The summed E-state index contributed by atoms with van der Waals surface area (Å²) in [5, 5.41) is 3.42. The van der Waals surface area contributed by atoms with Crippen LogP contribution in [-0.4, -0.2) is 62.3 Å². The van der Waals surface area contributed by atoms with E-state index in [4.69, 9.17) is 9.73 Å². The molecule has 1 saturated heterocycles. The second-order valence-electron chi connectivity index (χ2n) is 6.23. The van der Waals surface area contributed by atoms with Gasteiger partial charge in [-0.25, -0.2) is 9.98 Å². The van der Waals surface area contributed by atoms with Gasteiger partial charge in [-0.15, -0.1) is 24.0 Å². The summed E-state index contributed by atoms with van der Waals surface area (Å²) in [6.45, 7) is 8.51. The average molecular weight is 461 g/mol. The maximum atomic E-state index is 5.74. The predicted octanol–water partition coefficient (Wildman–Crippen LogP) is 2.73. The normalized spacial score (nSPS) is 15.7. The Morgan fingerprint density at radius 1 is 1.36 bits per heavy atom. The zero-order valence-corrected chi connectivity index (χ0v) is 18.2. The van der Waals surface area contributed by atoms with Crippen molar-refractivity contribution in [2.45, 2.75) is 39.3 Å². The molecule has 0 saturated carbocycles. The van der Waals surface area contributed by atoms with Crippen molar-refractivity contribution in [1.82, 2.24) is 15.2 Å². The van der Waals surface area contributed by atoms with Gasteiger partial charge >= 0.3 is 0 Å². The van der Waals surface area contributed by atoms with Crippen LogP contribution < -0.4 is 10.2 Å². The third kappa shape index (κ3) is 6.97. The SMILES string of the molecule is CCNC(=NCc1ccnc(N(C)C)c1)N1CCC(OCC)CC1.I. The highest BCUT2D eigenvalue weighted by atomic mass is 127. The van der Waals surface area contributed by atoms with E-state index in [1.54, 1.807) is 0 Å². The van der Waals surface area contributed by atoms with E-state index in [-0.39, 0.29) is 24.0 Å². The lowest BCUT2D eigenvalue weighted by Gasteiger charge is -2.34. The first-order valence-electron chi connectivity index (χ1n) is 8.91. The van der Waals surface area contributed by atoms with Gasteiger partial charge in [0.1, 0.15) is 5.82 Å². The minimum Gasteiger partial charge on any atom is -0.378 e. The Morgan fingerprint density at radius 2 is 2.08 bits per heavy atom. The Labute approximate surface area is 169 Å². The quantitative estimate of drug-likeness (QED) is 0.401. The number of anilines is 1. The summed E-state index contributed by atoms with van der Waals surface area (Å²) in [6, 6.07) is 4.12. The molecule has 2 heterocycles. The van der Waals surface area contributed by atoms with E-state index in [9.17, 15) is 0 Å². The van der Waals surface area contributed by atoms with E-state index in [0.29, 0.717) is 12.6 Å². The van der Waals surface area contributed by atoms with Crippen molar-refractivity contribution < 1.29 is 4.74 Å². The monoisotopic (exact) mass is 461 g/mol. The Balaban J connectivity index is 0.00000312. The van der Waals surface area contributed by atoms with Crippen LogP contribution in [0.3, 0.4) is 0 Å². The van der Waals surface area contributed by atoms with E-state index in [1.807, 2.05) is 31.3 Å². The first kappa shape index (κ1) is 22.0. The zero-order valence-electron chi connectivity index (χ0n) is 15.9. The van der Waals surface area contributed by atoms with Gasteiger partial charge in [-0.2, -0.15) is 0 Å². The van der Waals surface area contributed by atoms with E-state index in [0.717, 1.165) is 50.9 Å². The number of pyridine rings is 1. The van der Waals surface area contributed by atoms with Crippen molar-refractivity contribution >= 4 is 35.8 Å². The lowest BCUT2D eigenvalue weighted by Crippen LogP contribution is -2.47. The topological polar surface area (TPSA) is 53.0 Å². The van der Waals surface area contributed by atoms with Gasteiger partial charge in [-0.1, -0.05) is 0 Å². The fraction of sp³-hybridized carbons (Fsp3) is 0.667. The molecule has 1 aliphatic rings. The molecule has 0 amide bonds. The lowest BCUT2D eigenvalue weighted by atomic mass is 10.1. The molecule has 1 fully saturated rings. The number of aromatic nitrogens is 1. The van der Waals surface area contributed by atoms with Crippen LogP contribution >= 0.6 is 24.0 Å². The maximum absolute atomic E-state index is 5.74. The number of nitrogens with one attached hydrogen (secondary N) is 1. The number of aliphatic imine (C=N–C) groups is 1. The van der Waals surface area contributed by atoms with Crippen molar-refractivity contribution in [2.75, 3.05) is 45.2 Å². The zero-order chi connectivity index (χ0) is 17.4. The van der Waals surface area contributed by atoms with Gasteiger partial charge < -0.3 is 19.9 Å². The molecule has 142 valence electrons. The first-order chi connectivity index (χ1) is 11.6. The molecule has 6 nitrogen and oxygen atoms in total. The molecule has 0 atom stereocenters. The Morgan fingerprint density at radius 3 is 2.68 bits per heavy atom. The maximum Gasteiger partial charge on any atom is 0.194 e. The second-order valence-corrected chi connectivity index (χ2v) is 6.23. The first-order valence-corrected chi connectivity index (χ1v) is 8.91. The summed E-state index contributed by atoms with van der Waals surface area (Å²) >= 11 is 0. The van der Waals surface area contributed by atoms with Crippen LogP contribution in [0.1, 0.15) is 32.3 Å². The molecular formula is C18H32IN5O. The van der Waals surface area contributed by atoms with Crippen LogP contribution in [0.15, 0.2) is 23.3 Å². The molecule has 1 aromatic heterocycles. The van der Waals surface area contributed by atoms with Gasteiger partial charge in [0.15, 0.2) is 5.96 Å². The molecule has 25 heavy (non-hydrogen) atoms. The molecule has 0 aromatic carbocycles. The second kappa shape index (κ2) is 11.5. The molecular weight excluding hydrogens is 429 g/mol. The largest absolute Gasteiger partial charge is 0.378 e. The molecule has 1 aromatic rings. The van der Waals surface area contributed by atoms with Crippen molar-refractivity contribution in [3.05, 3.63) is 23.9 Å². The number of ether oxygens (including phenoxy) is 1. The summed E-state index contributed by atoms with van der Waals surface area (Å²) in [4.78, 5) is 13.5. The summed E-state index contributed by atoms with van der Waals surface area (Å²) in [5.41, 5.74) is 1.17. The summed E-state index contributed by atoms with van der Waals surface area (Å²) in [6.07, 6.45) is 4.38. The van der Waals surface area contributed by atoms with Crippen molar-refractivity contribution in [2.24, 2.45) is 4.99 Å². The number of likely N-dealkylation sites (tertiary alicyclic amines) is 1. The van der Waals surface area contributed by atoms with Gasteiger partial charge in [0.25, 0.3) is 0 Å². The van der Waals surface area contributed by atoms with Crippen molar-refractivity contribution in [3.63, 3.8) is 0 Å². The Kier molecular flexibility index (Phi) is 10.1. The summed E-state index contributed by atoms with van der Waals surface area (Å²) in [5.74, 6) is 1.96. The van der Waals surface area contributed by atoms with Gasteiger partial charge in [-0.3, -0.25) is 0 Å². The fourth-order valence-corrected chi connectivity index (χ4v) is 2.87. The highest BCUT2D eigenvalue weighted by molar-refractivity contribution is 14.0. The lowest BCUT2D eigenvalue weighted by molar-refractivity contribution is 0.0263. The molecule has 1 aliphatic heterocycles. The van der Waals surface area contributed by atoms with Gasteiger partial charge in [0.05, 0.1) is 12.6 Å². The predicted molar refractivity (Wildman–Crippen MR) is 115 cm³/mol. The standard InChI is InChI=1S/C18H31N5O.HI/c1-5-19-18(23-11-8-16(9-12-23)24-6-2)21-14-15-7-10-20-17(13-15)22(3)4;/h7,10,13,16H,5-6,8-9,11-12,14H2,1-4H3,(H,19,21);1H. The summed E-state index contributed by atoms with van der Waals surface area (Å²) in [7, 11) is 4.00. The number of halogens is 1. The van der Waals surface area contributed by atoms with Gasteiger partial charge in [0, 0.05) is 46.5 Å². The molecule has 1 N–H and O–H groups in total. The van der Waals surface area contributed by atoms with Crippen LogP contribution in [0, 0.1) is 0 Å². The average Bonchev–Trinajstić information content (AvgIpc) is 2.60. The third-order valence-corrected chi connectivity index (χ3v) is 4.16. The van der Waals surface area contributed by atoms with Crippen LogP contribution in [0.2, 0.25) is 0 Å². The van der Waals surface area contributed by atoms with Crippen LogP contribution in [0.5, 0.6) is 0 Å². The smallest absolute Gasteiger partial charge is 0.194 e. The Bertz CT molecular complexity index is 530. The molecule has 0 radical (unpaired) electrons. The van der Waals surface area contributed by atoms with E-state index in [1.165, 1.54) is 5.56 Å². The van der Waals surface area contributed by atoms with Crippen LogP contribution in [0.25, 0.3) is 0 Å². The number of guanidine groups is 1. The number of nitrogens with zero attached hydrogens (tertiary/aromatic N) is 4. The number of hydrogen-bond acceptors (Lipinski definition) is 4.